The summed E-state index contributed by atoms with van der Waals surface area (Å²) in [5, 5.41) is 6.62. The van der Waals surface area contributed by atoms with E-state index in [2.05, 4.69) is 35.5 Å². The summed E-state index contributed by atoms with van der Waals surface area (Å²) in [6, 6.07) is 0. The van der Waals surface area contributed by atoms with Gasteiger partial charge < -0.3 is 15.4 Å². The number of nitrogens with zero attached hydrogens (tertiary/aromatic N) is 1. The maximum absolute atomic E-state index is 5.36. The summed E-state index contributed by atoms with van der Waals surface area (Å²) in [6.07, 6.45) is 7.33. The van der Waals surface area contributed by atoms with Gasteiger partial charge in [0.1, 0.15) is 0 Å². The third-order valence-electron chi connectivity index (χ3n) is 3.33. The van der Waals surface area contributed by atoms with E-state index < -0.39 is 0 Å². The number of hydrogen-bond acceptors (Lipinski definition) is 2. The van der Waals surface area contributed by atoms with Crippen molar-refractivity contribution in [2.75, 3.05) is 27.2 Å². The van der Waals surface area contributed by atoms with Gasteiger partial charge in [0.2, 0.25) is 0 Å². The molecule has 1 aliphatic rings. The van der Waals surface area contributed by atoms with Crippen molar-refractivity contribution in [1.82, 2.24) is 10.6 Å². The third kappa shape index (κ3) is 5.54. The van der Waals surface area contributed by atoms with E-state index in [-0.39, 0.29) is 5.60 Å². The van der Waals surface area contributed by atoms with Crippen LogP contribution < -0.4 is 10.6 Å². The van der Waals surface area contributed by atoms with E-state index >= 15 is 0 Å². The molecule has 0 atom stereocenters. The van der Waals surface area contributed by atoms with Gasteiger partial charge in [-0.2, -0.15) is 0 Å². The van der Waals surface area contributed by atoms with E-state index in [0.717, 1.165) is 25.5 Å². The quantitative estimate of drug-likeness (QED) is 0.433. The zero-order valence-corrected chi connectivity index (χ0v) is 12.2. The molecule has 0 spiro atoms. The van der Waals surface area contributed by atoms with Crippen molar-refractivity contribution >= 4 is 5.96 Å². The molecular weight excluding hydrogens is 226 g/mol. The number of rotatable bonds is 6. The molecule has 0 saturated carbocycles. The zero-order valence-electron chi connectivity index (χ0n) is 12.2. The molecule has 0 unspecified atom stereocenters. The molecule has 0 amide bonds. The molecule has 18 heavy (non-hydrogen) atoms. The molecule has 0 fully saturated rings. The Morgan fingerprint density at radius 2 is 2.22 bits per heavy atom. The van der Waals surface area contributed by atoms with Gasteiger partial charge in [0.15, 0.2) is 5.96 Å². The summed E-state index contributed by atoms with van der Waals surface area (Å²) in [4.78, 5) is 4.21. The van der Waals surface area contributed by atoms with E-state index in [9.17, 15) is 0 Å². The van der Waals surface area contributed by atoms with Crippen LogP contribution in [-0.4, -0.2) is 38.8 Å². The number of methoxy groups -OCH3 is 1. The molecule has 1 aliphatic carbocycles. The first kappa shape index (κ1) is 15.0. The third-order valence-corrected chi connectivity index (χ3v) is 3.33. The standard InChI is InChI=1S/C14H27N3O/c1-14(2,18-4)11-17-13(15-3)16-10-9-12-7-5-6-8-12/h7H,5-6,8-11H2,1-4H3,(H2,15,16,17). The summed E-state index contributed by atoms with van der Waals surface area (Å²) in [5.74, 6) is 0.846. The Balaban J connectivity index is 2.21. The van der Waals surface area contributed by atoms with Crippen LogP contribution in [0.2, 0.25) is 0 Å². The molecule has 0 heterocycles. The second-order valence-electron chi connectivity index (χ2n) is 5.32. The lowest BCUT2D eigenvalue weighted by molar-refractivity contribution is 0.0268. The molecule has 4 nitrogen and oxygen atoms in total. The maximum Gasteiger partial charge on any atom is 0.191 e. The number of ether oxygens (including phenoxy) is 1. The summed E-state index contributed by atoms with van der Waals surface area (Å²) < 4.78 is 5.36. The first-order valence-electron chi connectivity index (χ1n) is 6.75. The first-order valence-corrected chi connectivity index (χ1v) is 6.75. The molecule has 0 radical (unpaired) electrons. The van der Waals surface area contributed by atoms with Crippen LogP contribution in [0.15, 0.2) is 16.6 Å². The van der Waals surface area contributed by atoms with E-state index in [1.54, 1.807) is 19.7 Å². The number of nitrogens with one attached hydrogen (secondary N) is 2. The van der Waals surface area contributed by atoms with Gasteiger partial charge in [-0.15, -0.1) is 0 Å². The van der Waals surface area contributed by atoms with Crippen LogP contribution in [0.3, 0.4) is 0 Å². The van der Waals surface area contributed by atoms with Crippen molar-refractivity contribution in [2.45, 2.75) is 45.1 Å². The summed E-state index contributed by atoms with van der Waals surface area (Å²) in [5.41, 5.74) is 1.40. The fourth-order valence-electron chi connectivity index (χ4n) is 1.90. The minimum atomic E-state index is -0.175. The first-order chi connectivity index (χ1) is 8.57. The molecule has 1 rings (SSSR count). The van der Waals surface area contributed by atoms with E-state index in [1.165, 1.54) is 19.3 Å². The molecule has 0 aromatic rings. The molecular formula is C14H27N3O. The molecule has 2 N–H and O–H groups in total. The Kier molecular flexibility index (Phi) is 6.19. The van der Waals surface area contributed by atoms with Crippen LogP contribution in [-0.2, 0) is 4.74 Å². The topological polar surface area (TPSA) is 45.7 Å². The highest BCUT2D eigenvalue weighted by atomic mass is 16.5. The molecule has 104 valence electrons. The predicted octanol–water partition coefficient (Wildman–Crippen LogP) is 2.08. The van der Waals surface area contributed by atoms with Crippen LogP contribution in [0.5, 0.6) is 0 Å². The van der Waals surface area contributed by atoms with Crippen LogP contribution in [0, 0.1) is 0 Å². The predicted molar refractivity (Wildman–Crippen MR) is 77.0 cm³/mol. The zero-order chi connectivity index (χ0) is 13.4. The fraction of sp³-hybridized carbons (Fsp3) is 0.786. The highest BCUT2D eigenvalue weighted by Crippen LogP contribution is 2.19. The Morgan fingerprint density at radius 3 is 2.78 bits per heavy atom. The van der Waals surface area contributed by atoms with Gasteiger partial charge in [0.25, 0.3) is 0 Å². The lowest BCUT2D eigenvalue weighted by Gasteiger charge is -2.24. The monoisotopic (exact) mass is 253 g/mol. The molecule has 4 heteroatoms. The highest BCUT2D eigenvalue weighted by Gasteiger charge is 2.16. The Morgan fingerprint density at radius 1 is 1.44 bits per heavy atom. The van der Waals surface area contributed by atoms with E-state index in [4.69, 9.17) is 4.74 Å². The molecule has 0 aliphatic heterocycles. The second-order valence-corrected chi connectivity index (χ2v) is 5.32. The lowest BCUT2D eigenvalue weighted by atomic mass is 10.1. The van der Waals surface area contributed by atoms with Gasteiger partial charge in [0.05, 0.1) is 5.60 Å². The molecule has 0 saturated heterocycles. The average molecular weight is 253 g/mol. The normalized spacial score (nSPS) is 16.7. The smallest absolute Gasteiger partial charge is 0.191 e. The van der Waals surface area contributed by atoms with Gasteiger partial charge in [-0.05, 0) is 39.5 Å². The van der Waals surface area contributed by atoms with E-state index in [0.29, 0.717) is 0 Å². The van der Waals surface area contributed by atoms with Gasteiger partial charge in [-0.3, -0.25) is 4.99 Å². The van der Waals surface area contributed by atoms with Crippen molar-refractivity contribution in [2.24, 2.45) is 4.99 Å². The van der Waals surface area contributed by atoms with Crippen LogP contribution in [0.4, 0.5) is 0 Å². The van der Waals surface area contributed by atoms with Crippen LogP contribution in [0.25, 0.3) is 0 Å². The van der Waals surface area contributed by atoms with Crippen molar-refractivity contribution in [3.05, 3.63) is 11.6 Å². The Hall–Kier alpha value is -1.03. The fourth-order valence-corrected chi connectivity index (χ4v) is 1.90. The van der Waals surface area contributed by atoms with Crippen molar-refractivity contribution in [3.8, 4) is 0 Å². The minimum Gasteiger partial charge on any atom is -0.377 e. The van der Waals surface area contributed by atoms with E-state index in [1.807, 2.05) is 0 Å². The Labute approximate surface area is 111 Å². The molecule has 0 bridgehead atoms. The maximum atomic E-state index is 5.36. The van der Waals surface area contributed by atoms with Crippen LogP contribution >= 0.6 is 0 Å². The van der Waals surface area contributed by atoms with Gasteiger partial charge in [0, 0.05) is 27.2 Å². The number of guanidine groups is 1. The Bertz CT molecular complexity index is 308. The largest absolute Gasteiger partial charge is 0.377 e. The van der Waals surface area contributed by atoms with Gasteiger partial charge in [-0.1, -0.05) is 11.6 Å². The van der Waals surface area contributed by atoms with Crippen molar-refractivity contribution in [1.29, 1.82) is 0 Å². The number of hydrogen-bond donors (Lipinski definition) is 2. The highest BCUT2D eigenvalue weighted by molar-refractivity contribution is 5.79. The molecule has 0 aromatic carbocycles. The van der Waals surface area contributed by atoms with Crippen LogP contribution in [0.1, 0.15) is 39.5 Å². The summed E-state index contributed by atoms with van der Waals surface area (Å²) in [6.45, 7) is 5.79. The lowest BCUT2D eigenvalue weighted by Crippen LogP contribution is -2.45. The van der Waals surface area contributed by atoms with Crippen molar-refractivity contribution in [3.63, 3.8) is 0 Å². The van der Waals surface area contributed by atoms with Crippen molar-refractivity contribution < 1.29 is 4.74 Å². The number of allylic oxidation sites excluding steroid dienone is 1. The second kappa shape index (κ2) is 7.41. The SMILES string of the molecule is CN=C(NCCC1=CCCC1)NCC(C)(C)OC. The minimum absolute atomic E-state index is 0.175. The van der Waals surface area contributed by atoms with Gasteiger partial charge in [-0.25, -0.2) is 0 Å². The molecule has 0 aromatic heterocycles. The van der Waals surface area contributed by atoms with Gasteiger partial charge >= 0.3 is 0 Å². The average Bonchev–Trinajstić information content (AvgIpc) is 2.86. The summed E-state index contributed by atoms with van der Waals surface area (Å²) in [7, 11) is 3.52. The number of aliphatic imine (C=N–C) groups is 1. The summed E-state index contributed by atoms with van der Waals surface area (Å²) >= 11 is 0.